The van der Waals surface area contributed by atoms with Crippen molar-refractivity contribution in [3.8, 4) is 5.75 Å². The molecule has 0 aliphatic heterocycles. The fourth-order valence-electron chi connectivity index (χ4n) is 1.86. The molecule has 3 nitrogen and oxygen atoms in total. The number of alkyl halides is 1. The molecule has 0 saturated carbocycles. The van der Waals surface area contributed by atoms with E-state index in [0.717, 1.165) is 17.7 Å². The highest BCUT2D eigenvalue weighted by Crippen LogP contribution is 2.25. The van der Waals surface area contributed by atoms with Gasteiger partial charge in [0.15, 0.2) is 0 Å². The lowest BCUT2D eigenvalue weighted by molar-refractivity contribution is -0.140. The van der Waals surface area contributed by atoms with Gasteiger partial charge in [-0.25, -0.2) is 0 Å². The van der Waals surface area contributed by atoms with Gasteiger partial charge in [-0.05, 0) is 43.0 Å². The Balaban J connectivity index is 2.78. The number of hydrogen-bond donors (Lipinski definition) is 0. The molecule has 0 aromatic heterocycles. The van der Waals surface area contributed by atoms with Gasteiger partial charge >= 0.3 is 5.97 Å². The second kappa shape index (κ2) is 6.78. The van der Waals surface area contributed by atoms with E-state index in [1.165, 1.54) is 18.2 Å². The van der Waals surface area contributed by atoms with Gasteiger partial charge in [0.2, 0.25) is 0 Å². The summed E-state index contributed by atoms with van der Waals surface area (Å²) in [7, 11) is 3.08. The summed E-state index contributed by atoms with van der Waals surface area (Å²) in [6.07, 6.45) is 1.17. The van der Waals surface area contributed by atoms with Gasteiger partial charge in [0.05, 0.1) is 20.6 Å². The molecule has 0 aliphatic carbocycles. The Morgan fingerprint density at radius 3 is 2.50 bits per heavy atom. The van der Waals surface area contributed by atoms with Gasteiger partial charge in [-0.1, -0.05) is 22.0 Å². The van der Waals surface area contributed by atoms with Crippen LogP contribution in [0.4, 0.5) is 0 Å². The van der Waals surface area contributed by atoms with Crippen molar-refractivity contribution in [2.24, 2.45) is 0 Å². The van der Waals surface area contributed by atoms with E-state index in [0.29, 0.717) is 6.42 Å². The number of carbonyl (C=O) groups excluding carboxylic acids is 1. The van der Waals surface area contributed by atoms with Gasteiger partial charge in [-0.15, -0.1) is 0 Å². The van der Waals surface area contributed by atoms with E-state index in [1.54, 1.807) is 7.11 Å². The first-order valence-corrected chi connectivity index (χ1v) is 6.74. The maximum atomic E-state index is 11.2. The molecule has 0 amide bonds. The van der Waals surface area contributed by atoms with Crippen LogP contribution in [0, 0.1) is 13.8 Å². The lowest BCUT2D eigenvalue weighted by Gasteiger charge is -2.14. The third-order valence-electron chi connectivity index (χ3n) is 2.91. The van der Waals surface area contributed by atoms with Crippen LogP contribution in [0.3, 0.4) is 0 Å². The molecular formula is C14H19BrO3. The van der Waals surface area contributed by atoms with E-state index in [1.807, 2.05) is 13.0 Å². The van der Waals surface area contributed by atoms with Crippen LogP contribution in [0.25, 0.3) is 0 Å². The maximum absolute atomic E-state index is 11.2. The highest BCUT2D eigenvalue weighted by molar-refractivity contribution is 9.09. The minimum absolute atomic E-state index is 0.0939. The van der Waals surface area contributed by atoms with Crippen molar-refractivity contribution in [2.45, 2.75) is 31.5 Å². The second-order valence-electron chi connectivity index (χ2n) is 4.33. The fraction of sp³-hybridized carbons (Fsp3) is 0.500. The van der Waals surface area contributed by atoms with Crippen LogP contribution < -0.4 is 4.74 Å². The van der Waals surface area contributed by atoms with Gasteiger partial charge in [-0.2, -0.15) is 0 Å². The van der Waals surface area contributed by atoms with Gasteiger partial charge in [0.25, 0.3) is 0 Å². The first-order valence-electron chi connectivity index (χ1n) is 5.83. The molecule has 0 radical (unpaired) electrons. The number of benzene rings is 1. The average molecular weight is 315 g/mol. The quantitative estimate of drug-likeness (QED) is 0.618. The first-order chi connectivity index (χ1) is 8.47. The Morgan fingerprint density at radius 1 is 1.28 bits per heavy atom. The molecule has 1 aromatic rings. The van der Waals surface area contributed by atoms with E-state index in [4.69, 9.17) is 4.74 Å². The summed E-state index contributed by atoms with van der Waals surface area (Å²) >= 11 is 3.52. The summed E-state index contributed by atoms with van der Waals surface area (Å²) in [6.45, 7) is 4.07. The molecule has 0 heterocycles. The molecule has 1 aromatic carbocycles. The monoisotopic (exact) mass is 314 g/mol. The van der Waals surface area contributed by atoms with Gasteiger partial charge in [0.1, 0.15) is 5.75 Å². The zero-order valence-electron chi connectivity index (χ0n) is 11.2. The highest BCUT2D eigenvalue weighted by Gasteiger charge is 2.14. The highest BCUT2D eigenvalue weighted by atomic mass is 79.9. The van der Waals surface area contributed by atoms with Crippen molar-refractivity contribution >= 4 is 21.9 Å². The van der Waals surface area contributed by atoms with Crippen LogP contribution in [-0.4, -0.2) is 25.0 Å². The summed E-state index contributed by atoms with van der Waals surface area (Å²) in [5.41, 5.74) is 3.50. The number of rotatable bonds is 5. The maximum Gasteiger partial charge on any atom is 0.306 e. The molecule has 1 unspecified atom stereocenters. The predicted molar refractivity (Wildman–Crippen MR) is 75.5 cm³/mol. The molecule has 0 spiro atoms. The Labute approximate surface area is 117 Å². The summed E-state index contributed by atoms with van der Waals surface area (Å²) in [6, 6.07) is 4.14. The summed E-state index contributed by atoms with van der Waals surface area (Å²) in [5.74, 6) is 0.704. The van der Waals surface area contributed by atoms with Gasteiger partial charge in [-0.3, -0.25) is 4.79 Å². The second-order valence-corrected chi connectivity index (χ2v) is 5.62. The molecular weight excluding hydrogens is 296 g/mol. The number of hydrogen-bond acceptors (Lipinski definition) is 3. The minimum Gasteiger partial charge on any atom is -0.496 e. The molecule has 1 atom stereocenters. The number of methoxy groups -OCH3 is 2. The Morgan fingerprint density at radius 2 is 1.94 bits per heavy atom. The molecule has 100 valence electrons. The summed E-state index contributed by atoms with van der Waals surface area (Å²) in [4.78, 5) is 11.3. The van der Waals surface area contributed by atoms with Crippen molar-refractivity contribution < 1.29 is 14.3 Å². The van der Waals surface area contributed by atoms with Gasteiger partial charge < -0.3 is 9.47 Å². The van der Waals surface area contributed by atoms with Crippen molar-refractivity contribution in [3.63, 3.8) is 0 Å². The van der Waals surface area contributed by atoms with Crippen LogP contribution in [0.1, 0.15) is 23.1 Å². The number of carbonyl (C=O) groups is 1. The van der Waals surface area contributed by atoms with Crippen LogP contribution in [-0.2, 0) is 16.0 Å². The topological polar surface area (TPSA) is 35.5 Å². The molecule has 4 heteroatoms. The van der Waals surface area contributed by atoms with E-state index in [2.05, 4.69) is 33.7 Å². The zero-order valence-corrected chi connectivity index (χ0v) is 12.8. The SMILES string of the molecule is COC(=O)CC(Br)Cc1cc(C)c(OC)cc1C. The smallest absolute Gasteiger partial charge is 0.306 e. The van der Waals surface area contributed by atoms with Crippen LogP contribution in [0.15, 0.2) is 12.1 Å². The Hall–Kier alpha value is -1.03. The van der Waals surface area contributed by atoms with Crippen molar-refractivity contribution in [2.75, 3.05) is 14.2 Å². The third-order valence-corrected chi connectivity index (χ3v) is 3.56. The normalized spacial score (nSPS) is 12.1. The lowest BCUT2D eigenvalue weighted by atomic mass is 9.99. The van der Waals surface area contributed by atoms with Crippen molar-refractivity contribution in [1.82, 2.24) is 0 Å². The fourth-order valence-corrected chi connectivity index (χ4v) is 2.48. The molecule has 18 heavy (non-hydrogen) atoms. The molecule has 0 fully saturated rings. The first kappa shape index (κ1) is 15.0. The van der Waals surface area contributed by atoms with E-state index in [-0.39, 0.29) is 10.8 Å². The van der Waals surface area contributed by atoms with E-state index in [9.17, 15) is 4.79 Å². The largest absolute Gasteiger partial charge is 0.496 e. The van der Waals surface area contributed by atoms with Crippen molar-refractivity contribution in [1.29, 1.82) is 0 Å². The summed E-state index contributed by atoms with van der Waals surface area (Å²) < 4.78 is 9.94. The summed E-state index contributed by atoms with van der Waals surface area (Å²) in [5, 5.41) is 0. The van der Waals surface area contributed by atoms with Crippen LogP contribution in [0.2, 0.25) is 0 Å². The lowest BCUT2D eigenvalue weighted by Crippen LogP contribution is -2.12. The minimum atomic E-state index is -0.195. The molecule has 0 N–H and O–H groups in total. The number of aryl methyl sites for hydroxylation is 2. The Bertz CT molecular complexity index is 429. The van der Waals surface area contributed by atoms with Gasteiger partial charge in [0, 0.05) is 4.83 Å². The molecule has 1 rings (SSSR count). The standard InChI is InChI=1S/C14H19BrO3/c1-9-6-13(17-3)10(2)5-11(9)7-12(15)8-14(16)18-4/h5-6,12H,7-8H2,1-4H3. The van der Waals surface area contributed by atoms with E-state index >= 15 is 0 Å². The molecule has 0 saturated heterocycles. The van der Waals surface area contributed by atoms with E-state index < -0.39 is 0 Å². The predicted octanol–water partition coefficient (Wildman–Crippen LogP) is 3.18. The molecule has 0 bridgehead atoms. The zero-order chi connectivity index (χ0) is 13.7. The van der Waals surface area contributed by atoms with Crippen LogP contribution in [0.5, 0.6) is 5.75 Å². The number of esters is 1. The number of halogens is 1. The third kappa shape index (κ3) is 4.02. The van der Waals surface area contributed by atoms with Crippen LogP contribution >= 0.6 is 15.9 Å². The van der Waals surface area contributed by atoms with Crippen molar-refractivity contribution in [3.05, 3.63) is 28.8 Å². The Kier molecular flexibility index (Phi) is 5.66. The number of ether oxygens (including phenoxy) is 2. The average Bonchev–Trinajstić information content (AvgIpc) is 2.33. The molecule has 0 aliphatic rings.